The zero-order chi connectivity index (χ0) is 9.35. The molecule has 1 heterocycles. The maximum atomic E-state index is 9.49. The van der Waals surface area contributed by atoms with Crippen molar-refractivity contribution in [3.05, 3.63) is 0 Å². The van der Waals surface area contributed by atoms with E-state index in [-0.39, 0.29) is 6.61 Å². The molecule has 1 saturated heterocycles. The molecular weight excluding hydrogens is 166 g/mol. The van der Waals surface area contributed by atoms with Crippen molar-refractivity contribution < 1.29 is 25.2 Å². The highest BCUT2D eigenvalue weighted by Crippen LogP contribution is 2.21. The molecule has 5 N–H and O–H groups in total. The van der Waals surface area contributed by atoms with Gasteiger partial charge in [-0.05, 0) is 7.05 Å². The van der Waals surface area contributed by atoms with E-state index in [0.29, 0.717) is 0 Å². The van der Waals surface area contributed by atoms with Crippen molar-refractivity contribution in [2.45, 2.75) is 24.2 Å². The van der Waals surface area contributed by atoms with E-state index < -0.39 is 24.2 Å². The Morgan fingerprint density at radius 2 is 2.00 bits per heavy atom. The first-order valence-electron chi connectivity index (χ1n) is 3.59. The van der Waals surface area contributed by atoms with Gasteiger partial charge in [0.25, 0.3) is 0 Å². The third-order valence-electron chi connectivity index (χ3n) is 2.02. The first-order valence-corrected chi connectivity index (χ1v) is 3.59. The molecule has 1 aliphatic rings. The molecular formula is C6H13NO5. The molecule has 72 valence electrons. The van der Waals surface area contributed by atoms with Crippen LogP contribution in [-0.2, 0) is 4.74 Å². The summed E-state index contributed by atoms with van der Waals surface area (Å²) in [7, 11) is 1.34. The maximum Gasteiger partial charge on any atom is 0.200 e. The average Bonchev–Trinajstić information content (AvgIpc) is 2.08. The minimum absolute atomic E-state index is 0.202. The SMILES string of the molecule is CN[C@]1(O)C(O)OC[C@@H](O)[C@@H]1O. The number of aliphatic hydroxyl groups is 4. The van der Waals surface area contributed by atoms with E-state index in [4.69, 9.17) is 10.2 Å². The Hall–Kier alpha value is -0.240. The van der Waals surface area contributed by atoms with E-state index in [2.05, 4.69) is 10.1 Å². The third kappa shape index (κ3) is 1.33. The minimum atomic E-state index is -2.00. The quantitative estimate of drug-likeness (QED) is 0.274. The fourth-order valence-electron chi connectivity index (χ4n) is 1.12. The van der Waals surface area contributed by atoms with Gasteiger partial charge >= 0.3 is 0 Å². The Kier molecular flexibility index (Phi) is 2.67. The highest BCUT2D eigenvalue weighted by molar-refractivity contribution is 4.93. The summed E-state index contributed by atoms with van der Waals surface area (Å²) >= 11 is 0. The number of rotatable bonds is 1. The summed E-state index contributed by atoms with van der Waals surface area (Å²) in [6.45, 7) is -0.202. The van der Waals surface area contributed by atoms with E-state index in [1.807, 2.05) is 0 Å². The van der Waals surface area contributed by atoms with Gasteiger partial charge in [-0.3, -0.25) is 5.32 Å². The molecule has 0 spiro atoms. The number of likely N-dealkylation sites (N-methyl/N-ethyl adjacent to an activating group) is 1. The highest BCUT2D eigenvalue weighted by atomic mass is 16.6. The Bertz CT molecular complexity index is 166. The van der Waals surface area contributed by atoms with Gasteiger partial charge in [-0.1, -0.05) is 0 Å². The molecule has 0 bridgehead atoms. The summed E-state index contributed by atoms with van der Waals surface area (Å²) in [4.78, 5) is 0. The number of aliphatic hydroxyl groups excluding tert-OH is 3. The first-order chi connectivity index (χ1) is 5.52. The van der Waals surface area contributed by atoms with Crippen LogP contribution in [0.3, 0.4) is 0 Å². The lowest BCUT2D eigenvalue weighted by atomic mass is 9.98. The summed E-state index contributed by atoms with van der Waals surface area (Å²) < 4.78 is 4.60. The molecule has 4 atom stereocenters. The van der Waals surface area contributed by atoms with Gasteiger partial charge < -0.3 is 25.2 Å². The fraction of sp³-hybridized carbons (Fsp3) is 1.00. The standard InChI is InChI=1S/C6H13NO5/c1-7-6(11)4(9)3(8)2-12-5(6)10/h3-5,7-11H,2H2,1H3/t3-,4+,5?,6-/m1/s1. The number of ether oxygens (including phenoxy) is 1. The largest absolute Gasteiger partial charge is 0.388 e. The second-order valence-corrected chi connectivity index (χ2v) is 2.77. The zero-order valence-corrected chi connectivity index (χ0v) is 6.64. The Morgan fingerprint density at radius 1 is 1.42 bits per heavy atom. The average molecular weight is 179 g/mol. The van der Waals surface area contributed by atoms with E-state index in [1.54, 1.807) is 0 Å². The molecule has 0 aliphatic carbocycles. The van der Waals surface area contributed by atoms with Gasteiger partial charge in [0.1, 0.15) is 12.2 Å². The van der Waals surface area contributed by atoms with Gasteiger partial charge in [0, 0.05) is 0 Å². The first kappa shape index (κ1) is 9.85. The van der Waals surface area contributed by atoms with Crippen LogP contribution in [-0.4, -0.2) is 58.3 Å². The number of hydrogen-bond donors (Lipinski definition) is 5. The van der Waals surface area contributed by atoms with Crippen LogP contribution < -0.4 is 5.32 Å². The smallest absolute Gasteiger partial charge is 0.200 e. The molecule has 0 aromatic carbocycles. The van der Waals surface area contributed by atoms with Gasteiger partial charge in [0.05, 0.1) is 6.61 Å². The summed E-state index contributed by atoms with van der Waals surface area (Å²) in [6, 6.07) is 0. The number of hydrogen-bond acceptors (Lipinski definition) is 6. The van der Waals surface area contributed by atoms with Crippen LogP contribution in [0.2, 0.25) is 0 Å². The van der Waals surface area contributed by atoms with Crippen molar-refractivity contribution >= 4 is 0 Å². The molecule has 0 saturated carbocycles. The van der Waals surface area contributed by atoms with Crippen molar-refractivity contribution in [1.82, 2.24) is 5.32 Å². The molecule has 1 rings (SSSR count). The molecule has 0 aromatic heterocycles. The predicted octanol–water partition coefficient (Wildman–Crippen LogP) is -3.04. The van der Waals surface area contributed by atoms with Crippen molar-refractivity contribution in [2.75, 3.05) is 13.7 Å². The van der Waals surface area contributed by atoms with Gasteiger partial charge in [0.15, 0.2) is 5.72 Å². The highest BCUT2D eigenvalue weighted by Gasteiger charge is 2.49. The van der Waals surface area contributed by atoms with Crippen molar-refractivity contribution in [3.8, 4) is 0 Å². The van der Waals surface area contributed by atoms with Gasteiger partial charge in [-0.25, -0.2) is 0 Å². The van der Waals surface area contributed by atoms with Gasteiger partial charge in [-0.15, -0.1) is 0 Å². The summed E-state index contributed by atoms with van der Waals surface area (Å²) in [5, 5.41) is 39.2. The monoisotopic (exact) mass is 179 g/mol. The van der Waals surface area contributed by atoms with E-state index in [9.17, 15) is 10.2 Å². The topological polar surface area (TPSA) is 102 Å². The lowest BCUT2D eigenvalue weighted by Gasteiger charge is -2.42. The Labute approximate surface area is 69.4 Å². The van der Waals surface area contributed by atoms with E-state index >= 15 is 0 Å². The van der Waals surface area contributed by atoms with Crippen LogP contribution >= 0.6 is 0 Å². The summed E-state index contributed by atoms with van der Waals surface area (Å²) in [5.74, 6) is 0. The Balaban J connectivity index is 2.78. The molecule has 1 unspecified atom stereocenters. The van der Waals surface area contributed by atoms with Crippen LogP contribution in [0.1, 0.15) is 0 Å². The maximum absolute atomic E-state index is 9.49. The fourth-order valence-corrected chi connectivity index (χ4v) is 1.12. The second kappa shape index (κ2) is 3.25. The van der Waals surface area contributed by atoms with Crippen LogP contribution in [0, 0.1) is 0 Å². The zero-order valence-electron chi connectivity index (χ0n) is 6.64. The second-order valence-electron chi connectivity index (χ2n) is 2.77. The molecule has 1 fully saturated rings. The molecule has 12 heavy (non-hydrogen) atoms. The van der Waals surface area contributed by atoms with Crippen molar-refractivity contribution in [1.29, 1.82) is 0 Å². The normalized spacial score (nSPS) is 49.2. The van der Waals surface area contributed by atoms with Crippen LogP contribution in [0.5, 0.6) is 0 Å². The summed E-state index contributed by atoms with van der Waals surface area (Å²) in [6.07, 6.45) is -4.21. The molecule has 0 radical (unpaired) electrons. The Morgan fingerprint density at radius 3 is 2.42 bits per heavy atom. The van der Waals surface area contributed by atoms with Crippen molar-refractivity contribution in [3.63, 3.8) is 0 Å². The van der Waals surface area contributed by atoms with E-state index in [0.717, 1.165) is 0 Å². The molecule has 6 nitrogen and oxygen atoms in total. The van der Waals surface area contributed by atoms with Gasteiger partial charge in [0.2, 0.25) is 6.29 Å². The molecule has 0 aromatic rings. The molecule has 0 amide bonds. The van der Waals surface area contributed by atoms with Crippen molar-refractivity contribution in [2.24, 2.45) is 0 Å². The molecule has 6 heteroatoms. The van der Waals surface area contributed by atoms with Gasteiger partial charge in [-0.2, -0.15) is 0 Å². The lowest BCUT2D eigenvalue weighted by Crippen LogP contribution is -2.69. The minimum Gasteiger partial charge on any atom is -0.388 e. The third-order valence-corrected chi connectivity index (χ3v) is 2.02. The van der Waals surface area contributed by atoms with Crippen LogP contribution in [0.15, 0.2) is 0 Å². The lowest BCUT2D eigenvalue weighted by molar-refractivity contribution is -0.311. The predicted molar refractivity (Wildman–Crippen MR) is 38.0 cm³/mol. The summed E-state index contributed by atoms with van der Waals surface area (Å²) in [5.41, 5.74) is -2.00. The molecule has 1 aliphatic heterocycles. The number of nitrogens with one attached hydrogen (secondary N) is 1. The van der Waals surface area contributed by atoms with Crippen LogP contribution in [0.25, 0.3) is 0 Å². The van der Waals surface area contributed by atoms with E-state index in [1.165, 1.54) is 7.05 Å². The van der Waals surface area contributed by atoms with Crippen LogP contribution in [0.4, 0.5) is 0 Å².